The molecule has 4 nitrogen and oxygen atoms in total. The zero-order chi connectivity index (χ0) is 22.2. The largest absolute Gasteiger partial charge is 0.393 e. The molecule has 0 saturated heterocycles. The third kappa shape index (κ3) is 3.83. The van der Waals surface area contributed by atoms with Crippen molar-refractivity contribution in [2.45, 2.75) is 70.5 Å². The van der Waals surface area contributed by atoms with Gasteiger partial charge in [0.2, 0.25) is 0 Å². The summed E-state index contributed by atoms with van der Waals surface area (Å²) in [7, 11) is 3.75. The van der Waals surface area contributed by atoms with E-state index in [4.69, 9.17) is 0 Å². The molecular formula is C27H38N2O2. The number of nitrogens with zero attached hydrogens (tertiary/aromatic N) is 1. The van der Waals surface area contributed by atoms with Gasteiger partial charge in [-0.3, -0.25) is 4.98 Å². The average molecular weight is 423 g/mol. The van der Waals surface area contributed by atoms with Crippen LogP contribution in [0.25, 0.3) is 5.57 Å². The van der Waals surface area contributed by atoms with E-state index in [9.17, 15) is 10.2 Å². The smallest absolute Gasteiger partial charge is 0.0935 e. The molecule has 31 heavy (non-hydrogen) atoms. The van der Waals surface area contributed by atoms with Gasteiger partial charge in [0, 0.05) is 23.7 Å². The van der Waals surface area contributed by atoms with E-state index in [0.717, 1.165) is 50.5 Å². The number of aliphatic hydroxyl groups is 2. The first-order valence-electron chi connectivity index (χ1n) is 11.8. The van der Waals surface area contributed by atoms with Crippen LogP contribution in [0.15, 0.2) is 53.4 Å². The van der Waals surface area contributed by atoms with E-state index in [1.165, 1.54) is 22.3 Å². The zero-order valence-corrected chi connectivity index (χ0v) is 19.5. The summed E-state index contributed by atoms with van der Waals surface area (Å²) in [6.45, 7) is 4.56. The first-order chi connectivity index (χ1) is 14.8. The van der Waals surface area contributed by atoms with Gasteiger partial charge < -0.3 is 15.5 Å². The molecule has 0 aromatic carbocycles. The number of hydrogen-bond acceptors (Lipinski definition) is 4. The first-order valence-corrected chi connectivity index (χ1v) is 11.8. The summed E-state index contributed by atoms with van der Waals surface area (Å²) in [5, 5.41) is 25.1. The number of fused-ring (bicyclic) bond motifs is 4. The van der Waals surface area contributed by atoms with E-state index in [1.54, 1.807) is 0 Å². The molecule has 3 N–H and O–H groups in total. The Bertz CT molecular complexity index is 903. The van der Waals surface area contributed by atoms with Crippen LogP contribution in [0.1, 0.15) is 64.4 Å². The Morgan fingerprint density at radius 2 is 1.84 bits per heavy atom. The van der Waals surface area contributed by atoms with Gasteiger partial charge in [0.1, 0.15) is 0 Å². The van der Waals surface area contributed by atoms with Gasteiger partial charge in [0.05, 0.1) is 11.7 Å². The predicted octanol–water partition coefficient (Wildman–Crippen LogP) is 4.66. The number of pyridine rings is 1. The topological polar surface area (TPSA) is 65.4 Å². The van der Waals surface area contributed by atoms with Crippen LogP contribution in [-0.2, 0) is 0 Å². The molecule has 1 aromatic rings. The summed E-state index contributed by atoms with van der Waals surface area (Å²) in [5.74, 6) is 0.738. The molecule has 4 aliphatic rings. The molecule has 0 amide bonds. The molecule has 1 fully saturated rings. The number of hydrogen-bond donors (Lipinski definition) is 3. The van der Waals surface area contributed by atoms with Crippen molar-refractivity contribution in [1.29, 1.82) is 0 Å². The van der Waals surface area contributed by atoms with Gasteiger partial charge in [-0.15, -0.1) is 0 Å². The van der Waals surface area contributed by atoms with Gasteiger partial charge in [-0.2, -0.15) is 0 Å². The maximum Gasteiger partial charge on any atom is 0.0935 e. The van der Waals surface area contributed by atoms with Crippen LogP contribution >= 0.6 is 0 Å². The van der Waals surface area contributed by atoms with Crippen molar-refractivity contribution in [3.05, 3.63) is 59.0 Å². The van der Waals surface area contributed by atoms with E-state index in [1.807, 2.05) is 26.5 Å². The summed E-state index contributed by atoms with van der Waals surface area (Å²) in [6.07, 6.45) is 14.7. The third-order valence-corrected chi connectivity index (χ3v) is 8.12. The Labute approximate surface area is 187 Å². The maximum atomic E-state index is 12.1. The highest BCUT2D eigenvalue weighted by molar-refractivity contribution is 5.74. The normalized spacial score (nSPS) is 36.8. The lowest BCUT2D eigenvalue weighted by Gasteiger charge is -2.50. The molecular weight excluding hydrogens is 384 g/mol. The van der Waals surface area contributed by atoms with Gasteiger partial charge in [-0.25, -0.2) is 0 Å². The molecule has 1 aromatic heterocycles. The van der Waals surface area contributed by atoms with Crippen molar-refractivity contribution in [1.82, 2.24) is 10.3 Å². The number of allylic oxidation sites excluding steroid dienone is 3. The Morgan fingerprint density at radius 1 is 1.13 bits per heavy atom. The van der Waals surface area contributed by atoms with Crippen LogP contribution in [0, 0.1) is 17.3 Å². The van der Waals surface area contributed by atoms with Crippen LogP contribution in [0.5, 0.6) is 0 Å². The number of aliphatic hydroxyl groups excluding tert-OH is 1. The summed E-state index contributed by atoms with van der Waals surface area (Å²) in [5.41, 5.74) is 5.64. The van der Waals surface area contributed by atoms with Gasteiger partial charge in [-0.05, 0) is 101 Å². The van der Waals surface area contributed by atoms with E-state index < -0.39 is 5.60 Å². The highest BCUT2D eigenvalue weighted by Crippen LogP contribution is 2.62. The minimum atomic E-state index is -0.766. The number of aromatic nitrogens is 1. The second-order valence-corrected chi connectivity index (χ2v) is 10.2. The Kier molecular flexibility index (Phi) is 6.26. The van der Waals surface area contributed by atoms with Crippen molar-refractivity contribution in [2.24, 2.45) is 17.3 Å². The minimum Gasteiger partial charge on any atom is -0.393 e. The number of rotatable bonds is 1. The fraction of sp³-hybridized carbons (Fsp3) is 0.593. The van der Waals surface area contributed by atoms with Crippen LogP contribution in [0.2, 0.25) is 0 Å². The highest BCUT2D eigenvalue weighted by Gasteiger charge is 2.57. The molecule has 0 radical (unpaired) electrons. The van der Waals surface area contributed by atoms with Crippen LogP contribution < -0.4 is 5.32 Å². The lowest BCUT2D eigenvalue weighted by Crippen LogP contribution is -2.49. The molecule has 0 bridgehead atoms. The van der Waals surface area contributed by atoms with Crippen molar-refractivity contribution >= 4 is 5.57 Å². The maximum absolute atomic E-state index is 12.1. The lowest BCUT2D eigenvalue weighted by molar-refractivity contribution is -0.0354. The number of nitrogens with one attached hydrogen (secondary N) is 1. The van der Waals surface area contributed by atoms with Gasteiger partial charge in [0.25, 0.3) is 0 Å². The van der Waals surface area contributed by atoms with E-state index in [-0.39, 0.29) is 17.4 Å². The molecule has 4 unspecified atom stereocenters. The fourth-order valence-corrected chi connectivity index (χ4v) is 6.80. The van der Waals surface area contributed by atoms with Crippen LogP contribution in [0.4, 0.5) is 0 Å². The van der Waals surface area contributed by atoms with E-state index in [0.29, 0.717) is 5.92 Å². The zero-order valence-electron chi connectivity index (χ0n) is 19.5. The second-order valence-electron chi connectivity index (χ2n) is 10.2. The quantitative estimate of drug-likeness (QED) is 0.616. The standard InChI is InChI=1S/C25H31NO2.C2H7N/c1-16-15-24(2)21(18-8-11-26-12-9-18)5-6-23(24)25(28)10-7-17-3-4-20(27)13-19(17)14-22(16)25;1-3-2/h5,8-9,11-12,14,17,20,23,27-28H,3-4,6-7,10,13,15H2,1-2H3;3H,1-2H3/t17?,20?,23?,24?,25-;/m1./s1. The minimum absolute atomic E-state index is 0.0444. The summed E-state index contributed by atoms with van der Waals surface area (Å²) >= 11 is 0. The fourth-order valence-electron chi connectivity index (χ4n) is 6.80. The summed E-state index contributed by atoms with van der Waals surface area (Å²) in [4.78, 5) is 4.18. The van der Waals surface area contributed by atoms with Crippen molar-refractivity contribution in [3.63, 3.8) is 0 Å². The summed E-state index contributed by atoms with van der Waals surface area (Å²) < 4.78 is 0. The molecule has 0 aliphatic heterocycles. The molecule has 4 aliphatic carbocycles. The summed E-state index contributed by atoms with van der Waals surface area (Å²) in [6, 6.07) is 4.20. The van der Waals surface area contributed by atoms with Crippen molar-refractivity contribution < 1.29 is 10.2 Å². The Balaban J connectivity index is 0.000000730. The van der Waals surface area contributed by atoms with Gasteiger partial charge in [0.15, 0.2) is 0 Å². The van der Waals surface area contributed by atoms with E-state index >= 15 is 0 Å². The highest BCUT2D eigenvalue weighted by atomic mass is 16.3. The van der Waals surface area contributed by atoms with Crippen molar-refractivity contribution in [3.8, 4) is 0 Å². The average Bonchev–Trinajstić information content (AvgIpc) is 3.01. The first kappa shape index (κ1) is 22.4. The van der Waals surface area contributed by atoms with Crippen LogP contribution in [0.3, 0.4) is 0 Å². The van der Waals surface area contributed by atoms with Crippen molar-refractivity contribution in [2.75, 3.05) is 14.1 Å². The molecule has 5 atom stereocenters. The molecule has 1 heterocycles. The third-order valence-electron chi connectivity index (χ3n) is 8.12. The van der Waals surface area contributed by atoms with Gasteiger partial charge >= 0.3 is 0 Å². The second kappa shape index (κ2) is 8.65. The van der Waals surface area contributed by atoms with Crippen LogP contribution in [-0.4, -0.2) is 41.0 Å². The molecule has 5 rings (SSSR count). The van der Waals surface area contributed by atoms with Gasteiger partial charge in [-0.1, -0.05) is 30.2 Å². The molecule has 1 saturated carbocycles. The lowest BCUT2D eigenvalue weighted by atomic mass is 9.56. The SMILES string of the molecule is CC1=C2C=C3CC(O)CCC3CC[C@]2(O)C2CC=C(c3ccncc3)C2(C)C1.CNC. The predicted molar refractivity (Wildman–Crippen MR) is 126 cm³/mol. The monoisotopic (exact) mass is 422 g/mol. The Hall–Kier alpha value is -1.75. The molecule has 4 heteroatoms. The Morgan fingerprint density at radius 3 is 2.55 bits per heavy atom. The molecule has 168 valence electrons. The van der Waals surface area contributed by atoms with E-state index in [2.05, 4.69) is 48.4 Å². The molecule has 0 spiro atoms.